The highest BCUT2D eigenvalue weighted by Gasteiger charge is 2.30. The molecule has 0 aliphatic carbocycles. The molecule has 1 aliphatic rings. The Hall–Kier alpha value is -0.730. The summed E-state index contributed by atoms with van der Waals surface area (Å²) in [4.78, 5) is 4.60. The first-order valence-corrected chi connectivity index (χ1v) is 6.39. The van der Waals surface area contributed by atoms with Gasteiger partial charge in [0, 0.05) is 15.6 Å². The summed E-state index contributed by atoms with van der Waals surface area (Å²) >= 11 is 12.2. The highest BCUT2D eigenvalue weighted by molar-refractivity contribution is 6.36. The monoisotopic (exact) mass is 271 g/mol. The minimum absolute atomic E-state index is 0.126. The molecule has 0 spiro atoms. The van der Waals surface area contributed by atoms with E-state index in [2.05, 4.69) is 18.8 Å². The lowest BCUT2D eigenvalue weighted by molar-refractivity contribution is 0.263. The van der Waals surface area contributed by atoms with Gasteiger partial charge in [-0.15, -0.1) is 0 Å². The zero-order chi connectivity index (χ0) is 12.6. The number of nitrogens with zero attached hydrogens (tertiary/aromatic N) is 1. The predicted octanol–water partition coefficient (Wildman–Crippen LogP) is 4.25. The lowest BCUT2D eigenvalue weighted by Gasteiger charge is -2.13. The van der Waals surface area contributed by atoms with Gasteiger partial charge in [-0.3, -0.25) is 0 Å². The Labute approximate surface area is 112 Å². The number of hydrogen-bond acceptors (Lipinski definition) is 2. The van der Waals surface area contributed by atoms with Crippen LogP contribution in [0.15, 0.2) is 17.1 Å². The Balaban J connectivity index is 2.40. The summed E-state index contributed by atoms with van der Waals surface area (Å²) in [5.74, 6) is 0.637. The average Bonchev–Trinajstić information content (AvgIpc) is 2.69. The van der Waals surface area contributed by atoms with Gasteiger partial charge in [-0.25, -0.2) is 4.99 Å². The van der Waals surface area contributed by atoms with E-state index in [-0.39, 0.29) is 5.54 Å². The molecule has 0 aromatic heterocycles. The van der Waals surface area contributed by atoms with E-state index in [4.69, 9.17) is 27.9 Å². The van der Waals surface area contributed by atoms with Crippen LogP contribution in [0.2, 0.25) is 10.0 Å². The van der Waals surface area contributed by atoms with E-state index in [9.17, 15) is 0 Å². The number of benzene rings is 1. The van der Waals surface area contributed by atoms with Crippen LogP contribution in [-0.2, 0) is 4.74 Å². The van der Waals surface area contributed by atoms with E-state index in [1.165, 1.54) is 0 Å². The molecule has 0 amide bonds. The van der Waals surface area contributed by atoms with Crippen molar-refractivity contribution in [2.75, 3.05) is 6.61 Å². The van der Waals surface area contributed by atoms with Gasteiger partial charge in [-0.2, -0.15) is 0 Å². The molecule has 0 radical (unpaired) electrons. The molecule has 2 nitrogen and oxygen atoms in total. The lowest BCUT2D eigenvalue weighted by atomic mass is 10.0. The molecule has 1 heterocycles. The summed E-state index contributed by atoms with van der Waals surface area (Å²) in [5, 5.41) is 1.29. The average molecular weight is 272 g/mol. The number of ether oxygens (including phenoxy) is 1. The van der Waals surface area contributed by atoms with Crippen LogP contribution >= 0.6 is 23.2 Å². The predicted molar refractivity (Wildman–Crippen MR) is 72.4 cm³/mol. The first-order valence-electron chi connectivity index (χ1n) is 5.64. The molecule has 1 unspecified atom stereocenters. The van der Waals surface area contributed by atoms with Crippen molar-refractivity contribution in [1.82, 2.24) is 0 Å². The van der Waals surface area contributed by atoms with Crippen molar-refractivity contribution in [3.05, 3.63) is 33.3 Å². The quantitative estimate of drug-likeness (QED) is 0.788. The Morgan fingerprint density at radius 3 is 2.41 bits per heavy atom. The largest absolute Gasteiger partial charge is 0.475 e. The van der Waals surface area contributed by atoms with Gasteiger partial charge in [-0.1, -0.05) is 30.1 Å². The van der Waals surface area contributed by atoms with Crippen LogP contribution in [0.4, 0.5) is 0 Å². The van der Waals surface area contributed by atoms with Crippen LogP contribution in [-0.4, -0.2) is 18.0 Å². The van der Waals surface area contributed by atoms with Gasteiger partial charge < -0.3 is 4.74 Å². The third-order valence-corrected chi connectivity index (χ3v) is 3.97. The van der Waals surface area contributed by atoms with Crippen molar-refractivity contribution in [2.45, 2.75) is 32.7 Å². The number of rotatable bonds is 2. The van der Waals surface area contributed by atoms with Crippen LogP contribution < -0.4 is 0 Å². The summed E-state index contributed by atoms with van der Waals surface area (Å²) in [6.45, 7) is 6.69. The third-order valence-electron chi connectivity index (χ3n) is 3.18. The van der Waals surface area contributed by atoms with Crippen LogP contribution in [0.1, 0.15) is 31.4 Å². The summed E-state index contributed by atoms with van der Waals surface area (Å²) in [6, 6.07) is 3.70. The first-order chi connectivity index (χ1) is 7.95. The molecule has 4 heteroatoms. The Kier molecular flexibility index (Phi) is 3.37. The van der Waals surface area contributed by atoms with Crippen LogP contribution in [0, 0.1) is 6.92 Å². The van der Waals surface area contributed by atoms with Crippen molar-refractivity contribution >= 4 is 29.1 Å². The minimum Gasteiger partial charge on any atom is -0.475 e. The molecule has 0 saturated heterocycles. The van der Waals surface area contributed by atoms with Crippen LogP contribution in [0.25, 0.3) is 0 Å². The van der Waals surface area contributed by atoms with Gasteiger partial charge in [-0.05, 0) is 38.0 Å². The molecule has 1 atom stereocenters. The number of halogens is 2. The zero-order valence-electron chi connectivity index (χ0n) is 10.2. The molecule has 0 bridgehead atoms. The second-order valence-electron chi connectivity index (χ2n) is 4.62. The Morgan fingerprint density at radius 1 is 1.35 bits per heavy atom. The van der Waals surface area contributed by atoms with E-state index in [0.29, 0.717) is 22.5 Å². The van der Waals surface area contributed by atoms with Gasteiger partial charge in [0.2, 0.25) is 5.90 Å². The Morgan fingerprint density at radius 2 is 1.94 bits per heavy atom. The molecular weight excluding hydrogens is 257 g/mol. The SMILES string of the molecule is CCC1(C)COC(c2cc(Cl)c(C)c(Cl)c2)=N1. The van der Waals surface area contributed by atoms with E-state index in [1.54, 1.807) is 0 Å². The summed E-state index contributed by atoms with van der Waals surface area (Å²) < 4.78 is 5.63. The summed E-state index contributed by atoms with van der Waals surface area (Å²) in [5.41, 5.74) is 1.61. The maximum absolute atomic E-state index is 6.11. The minimum atomic E-state index is -0.126. The second-order valence-corrected chi connectivity index (χ2v) is 5.44. The molecule has 1 aromatic carbocycles. The zero-order valence-corrected chi connectivity index (χ0v) is 11.7. The molecule has 0 fully saturated rings. The molecule has 0 saturated carbocycles. The standard InChI is InChI=1S/C13H15Cl2NO/c1-4-13(3)7-17-12(16-13)9-5-10(14)8(2)11(15)6-9/h5-6H,4,7H2,1-3H3. The van der Waals surface area contributed by atoms with E-state index < -0.39 is 0 Å². The molecule has 1 aromatic rings. The van der Waals surface area contributed by atoms with Crippen LogP contribution in [0.3, 0.4) is 0 Å². The van der Waals surface area contributed by atoms with Crippen molar-refractivity contribution in [3.8, 4) is 0 Å². The van der Waals surface area contributed by atoms with Gasteiger partial charge >= 0.3 is 0 Å². The number of hydrogen-bond donors (Lipinski definition) is 0. The molecule has 1 aliphatic heterocycles. The second kappa shape index (κ2) is 4.51. The van der Waals surface area contributed by atoms with Gasteiger partial charge in [0.15, 0.2) is 0 Å². The smallest absolute Gasteiger partial charge is 0.216 e. The summed E-state index contributed by atoms with van der Waals surface area (Å²) in [6.07, 6.45) is 0.948. The first kappa shape index (κ1) is 12.7. The molecular formula is C13H15Cl2NO. The van der Waals surface area contributed by atoms with Crippen LogP contribution in [0.5, 0.6) is 0 Å². The highest BCUT2D eigenvalue weighted by Crippen LogP contribution is 2.29. The van der Waals surface area contributed by atoms with Gasteiger partial charge in [0.25, 0.3) is 0 Å². The normalized spacial score (nSPS) is 23.5. The molecule has 92 valence electrons. The van der Waals surface area contributed by atoms with Gasteiger partial charge in [0.1, 0.15) is 6.61 Å². The highest BCUT2D eigenvalue weighted by atomic mass is 35.5. The van der Waals surface area contributed by atoms with Crippen molar-refractivity contribution in [3.63, 3.8) is 0 Å². The fourth-order valence-corrected chi connectivity index (χ4v) is 2.12. The van der Waals surface area contributed by atoms with E-state index in [0.717, 1.165) is 17.5 Å². The maximum Gasteiger partial charge on any atom is 0.216 e. The van der Waals surface area contributed by atoms with E-state index >= 15 is 0 Å². The Bertz CT molecular complexity index is 461. The van der Waals surface area contributed by atoms with Crippen molar-refractivity contribution in [2.24, 2.45) is 4.99 Å². The van der Waals surface area contributed by atoms with Crippen molar-refractivity contribution in [1.29, 1.82) is 0 Å². The number of aliphatic imine (C=N–C) groups is 1. The van der Waals surface area contributed by atoms with Gasteiger partial charge in [0.05, 0.1) is 5.54 Å². The molecule has 0 N–H and O–H groups in total. The maximum atomic E-state index is 6.11. The lowest BCUT2D eigenvalue weighted by Crippen LogP contribution is -2.21. The third kappa shape index (κ3) is 2.43. The fraction of sp³-hybridized carbons (Fsp3) is 0.462. The topological polar surface area (TPSA) is 21.6 Å². The molecule has 17 heavy (non-hydrogen) atoms. The summed E-state index contributed by atoms with van der Waals surface area (Å²) in [7, 11) is 0. The van der Waals surface area contributed by atoms with Crippen molar-refractivity contribution < 1.29 is 4.74 Å². The van der Waals surface area contributed by atoms with E-state index in [1.807, 2.05) is 19.1 Å². The fourth-order valence-electron chi connectivity index (χ4n) is 1.63. The molecule has 2 rings (SSSR count).